The number of carbonyl (C=O) groups excluding carboxylic acids is 2. The summed E-state index contributed by atoms with van der Waals surface area (Å²) in [5.74, 6) is 1.95. The van der Waals surface area contributed by atoms with Gasteiger partial charge in [-0.2, -0.15) is 0 Å². The van der Waals surface area contributed by atoms with Gasteiger partial charge >= 0.3 is 0 Å². The lowest BCUT2D eigenvalue weighted by Gasteiger charge is -2.15. The predicted octanol–water partition coefficient (Wildman–Crippen LogP) is 4.97. The fourth-order valence-corrected chi connectivity index (χ4v) is 4.26. The lowest BCUT2D eigenvalue weighted by atomic mass is 10.1. The fourth-order valence-electron chi connectivity index (χ4n) is 3.73. The largest absolute Gasteiger partial charge is 0.480 e. The average Bonchev–Trinajstić information content (AvgIpc) is 3.64. The van der Waals surface area contributed by atoms with Gasteiger partial charge in [0.15, 0.2) is 11.2 Å². The number of thiazole rings is 1. The van der Waals surface area contributed by atoms with Gasteiger partial charge < -0.3 is 18.8 Å². The number of likely N-dealkylation sites (tertiary alicyclic amines) is 1. The highest BCUT2D eigenvalue weighted by Gasteiger charge is 2.31. The minimum absolute atomic E-state index is 0.0997. The summed E-state index contributed by atoms with van der Waals surface area (Å²) >= 11 is 1.31. The highest BCUT2D eigenvalue weighted by atomic mass is 32.1. The summed E-state index contributed by atoms with van der Waals surface area (Å²) in [4.78, 5) is 31.0. The van der Waals surface area contributed by atoms with Crippen molar-refractivity contribution in [1.29, 1.82) is 0 Å². The third-order valence-corrected chi connectivity index (χ3v) is 6.41. The minimum atomic E-state index is -0.612. The van der Waals surface area contributed by atoms with Crippen molar-refractivity contribution in [1.82, 2.24) is 20.1 Å². The van der Waals surface area contributed by atoms with Gasteiger partial charge in [-0.25, -0.2) is 4.98 Å². The van der Waals surface area contributed by atoms with Gasteiger partial charge in [0.2, 0.25) is 11.8 Å². The highest BCUT2D eigenvalue weighted by Crippen LogP contribution is 2.31. The lowest BCUT2D eigenvalue weighted by molar-refractivity contribution is -0.132. The molecule has 37 heavy (non-hydrogen) atoms. The first kappa shape index (κ1) is 24.4. The topological polar surface area (TPSA) is 120 Å². The van der Waals surface area contributed by atoms with E-state index >= 15 is 0 Å². The van der Waals surface area contributed by atoms with Gasteiger partial charge in [0, 0.05) is 54.7 Å². The number of ether oxygens (including phenoxy) is 2. The van der Waals surface area contributed by atoms with Gasteiger partial charge in [-0.15, -0.1) is 21.5 Å². The Hall–Kier alpha value is -4.25. The van der Waals surface area contributed by atoms with Crippen LogP contribution in [0.15, 0.2) is 58.5 Å². The van der Waals surface area contributed by atoms with Gasteiger partial charge in [-0.05, 0) is 36.4 Å². The molecule has 0 spiro atoms. The average molecular weight is 520 g/mol. The van der Waals surface area contributed by atoms with E-state index in [0.29, 0.717) is 52.7 Å². The fraction of sp³-hybridized carbons (Fsp3) is 0.269. The molecule has 1 fully saturated rings. The van der Waals surface area contributed by atoms with Crippen LogP contribution in [0.25, 0.3) is 11.5 Å². The Bertz CT molecular complexity index is 1400. The molecule has 190 valence electrons. The normalized spacial score (nSPS) is 15.3. The molecular weight excluding hydrogens is 494 g/mol. The minimum Gasteiger partial charge on any atom is -0.480 e. The van der Waals surface area contributed by atoms with Crippen molar-refractivity contribution in [3.8, 4) is 28.7 Å². The van der Waals surface area contributed by atoms with Crippen LogP contribution in [-0.4, -0.2) is 51.6 Å². The first-order valence-corrected chi connectivity index (χ1v) is 12.6. The maximum atomic E-state index is 12.9. The molecule has 2 aromatic heterocycles. The molecule has 0 unspecified atom stereocenters. The van der Waals surface area contributed by atoms with Crippen LogP contribution >= 0.6 is 11.3 Å². The van der Waals surface area contributed by atoms with Crippen LogP contribution in [0.2, 0.25) is 0 Å². The first-order chi connectivity index (χ1) is 17.9. The molecule has 4 aromatic rings. The Balaban J connectivity index is 1.38. The molecule has 1 atom stereocenters. The Morgan fingerprint density at radius 3 is 2.57 bits per heavy atom. The maximum Gasteiger partial charge on any atom is 0.263 e. The molecule has 0 aliphatic carbocycles. The van der Waals surface area contributed by atoms with E-state index in [2.05, 4.69) is 20.5 Å². The first-order valence-electron chi connectivity index (χ1n) is 11.7. The summed E-state index contributed by atoms with van der Waals surface area (Å²) in [5, 5.41) is 13.2. The van der Waals surface area contributed by atoms with Crippen molar-refractivity contribution < 1.29 is 23.5 Å². The molecule has 0 radical (unpaired) electrons. The van der Waals surface area contributed by atoms with Crippen molar-refractivity contribution in [3.05, 3.63) is 65.5 Å². The third kappa shape index (κ3) is 5.61. The van der Waals surface area contributed by atoms with E-state index < -0.39 is 6.10 Å². The van der Waals surface area contributed by atoms with Crippen molar-refractivity contribution in [2.75, 3.05) is 18.9 Å². The molecule has 5 rings (SSSR count). The molecule has 1 aliphatic heterocycles. The summed E-state index contributed by atoms with van der Waals surface area (Å²) in [6.07, 6.45) is 1.56. The number of nitrogens with zero attached hydrogens (tertiary/aromatic N) is 4. The number of hydrogen-bond acceptors (Lipinski definition) is 9. The van der Waals surface area contributed by atoms with Crippen LogP contribution in [0.4, 0.5) is 5.13 Å². The van der Waals surface area contributed by atoms with Gasteiger partial charge in [-0.1, -0.05) is 13.8 Å². The van der Waals surface area contributed by atoms with Gasteiger partial charge in [0.1, 0.15) is 17.2 Å². The number of carbonyl (C=O) groups is 2. The van der Waals surface area contributed by atoms with Crippen molar-refractivity contribution in [2.24, 2.45) is 0 Å². The number of benzene rings is 2. The third-order valence-electron chi connectivity index (χ3n) is 5.72. The maximum absolute atomic E-state index is 12.9. The molecule has 10 nitrogen and oxygen atoms in total. The highest BCUT2D eigenvalue weighted by molar-refractivity contribution is 7.13. The van der Waals surface area contributed by atoms with E-state index in [4.69, 9.17) is 13.9 Å². The molecule has 0 saturated carbocycles. The van der Waals surface area contributed by atoms with Crippen molar-refractivity contribution in [2.45, 2.75) is 32.3 Å². The number of amides is 2. The molecule has 3 heterocycles. The molecular formula is C26H25N5O5S. The van der Waals surface area contributed by atoms with E-state index in [1.165, 1.54) is 11.3 Å². The smallest absolute Gasteiger partial charge is 0.263 e. The van der Waals surface area contributed by atoms with Gasteiger partial charge in [-0.3, -0.25) is 14.9 Å². The number of anilines is 1. The molecule has 1 aliphatic rings. The monoisotopic (exact) mass is 519 g/mol. The quantitative estimate of drug-likeness (QED) is 0.346. The summed E-state index contributed by atoms with van der Waals surface area (Å²) in [5.41, 5.74) is 1.07. The van der Waals surface area contributed by atoms with Crippen LogP contribution in [-0.2, 0) is 4.79 Å². The summed E-state index contributed by atoms with van der Waals surface area (Å²) in [6, 6.07) is 12.0. The number of rotatable bonds is 8. The van der Waals surface area contributed by atoms with Crippen LogP contribution in [0.1, 0.15) is 42.4 Å². The van der Waals surface area contributed by atoms with Gasteiger partial charge in [0.05, 0.1) is 0 Å². The van der Waals surface area contributed by atoms with E-state index in [-0.39, 0.29) is 17.7 Å². The zero-order valence-corrected chi connectivity index (χ0v) is 21.3. The van der Waals surface area contributed by atoms with Crippen LogP contribution in [0.5, 0.6) is 17.2 Å². The molecule has 11 heteroatoms. The molecule has 2 amide bonds. The Labute approximate surface area is 217 Å². The second kappa shape index (κ2) is 10.4. The zero-order valence-electron chi connectivity index (χ0n) is 20.5. The lowest BCUT2D eigenvalue weighted by Crippen LogP contribution is -2.29. The zero-order chi connectivity index (χ0) is 25.9. The summed E-state index contributed by atoms with van der Waals surface area (Å²) in [6.45, 7) is 4.58. The van der Waals surface area contributed by atoms with Crippen molar-refractivity contribution in [3.63, 3.8) is 0 Å². The molecule has 1 saturated heterocycles. The number of likely N-dealkylation sites (N-methyl/N-ethyl adjacent to an activating group) is 1. The molecule has 2 aromatic carbocycles. The second-order valence-corrected chi connectivity index (χ2v) is 9.76. The Morgan fingerprint density at radius 1 is 1.14 bits per heavy atom. The molecule has 0 bridgehead atoms. The van der Waals surface area contributed by atoms with E-state index in [1.807, 2.05) is 26.0 Å². The standard InChI is InChI=1S/C26H25N5O5S/c1-15(2)23-29-30-24(36-23)16-4-6-18(7-5-16)34-19-12-17(22(32)28-26-27-9-11-37-26)13-20(14-19)35-21-8-10-31(3)25(21)33/h4-7,9,11-15,21H,8,10H2,1-3H3,(H,27,28,32)/t21-/m1/s1. The SMILES string of the molecule is CC(C)c1nnc(-c2ccc(Oc3cc(O[C@@H]4CCN(C)C4=O)cc(C(=O)Nc4nccs4)c3)cc2)o1. The van der Waals surface area contributed by atoms with E-state index in [1.54, 1.807) is 53.9 Å². The summed E-state index contributed by atoms with van der Waals surface area (Å²) < 4.78 is 17.7. The second-order valence-electron chi connectivity index (χ2n) is 8.87. The Morgan fingerprint density at radius 2 is 1.92 bits per heavy atom. The van der Waals surface area contributed by atoms with Crippen LogP contribution in [0, 0.1) is 0 Å². The number of hydrogen-bond donors (Lipinski definition) is 1. The summed E-state index contributed by atoms with van der Waals surface area (Å²) in [7, 11) is 1.74. The van der Waals surface area contributed by atoms with Crippen LogP contribution < -0.4 is 14.8 Å². The van der Waals surface area contributed by atoms with Crippen molar-refractivity contribution >= 4 is 28.3 Å². The van der Waals surface area contributed by atoms with E-state index in [9.17, 15) is 9.59 Å². The van der Waals surface area contributed by atoms with E-state index in [0.717, 1.165) is 5.56 Å². The van der Waals surface area contributed by atoms with Crippen LogP contribution in [0.3, 0.4) is 0 Å². The Kier molecular flexibility index (Phi) is 6.87. The predicted molar refractivity (Wildman–Crippen MR) is 137 cm³/mol. The molecule has 1 N–H and O–H groups in total. The number of aromatic nitrogens is 3. The number of nitrogens with one attached hydrogen (secondary N) is 1. The van der Waals surface area contributed by atoms with Gasteiger partial charge in [0.25, 0.3) is 11.8 Å².